The molecule has 2 aromatic heterocycles. The maximum atomic E-state index is 12.9. The Labute approximate surface area is 178 Å². The SMILES string of the molecule is Cc1cc([N+](=O)[O-])nn1Cc1csc(C(=O)N2CCN(Cc3ccccc3)CC2)c1. The number of piperazine rings is 1. The van der Waals surface area contributed by atoms with Gasteiger partial charge in [0, 0.05) is 32.7 Å². The third-order valence-corrected chi connectivity index (χ3v) is 6.23. The lowest BCUT2D eigenvalue weighted by Gasteiger charge is -2.34. The maximum absolute atomic E-state index is 12.9. The van der Waals surface area contributed by atoms with E-state index in [0.717, 1.165) is 30.9 Å². The number of nitrogens with zero attached hydrogens (tertiary/aromatic N) is 5. The molecular formula is C21H23N5O3S. The van der Waals surface area contributed by atoms with Crippen molar-refractivity contribution in [3.63, 3.8) is 0 Å². The van der Waals surface area contributed by atoms with E-state index in [4.69, 9.17) is 0 Å². The normalized spacial score (nSPS) is 14.8. The monoisotopic (exact) mass is 425 g/mol. The van der Waals surface area contributed by atoms with E-state index in [1.54, 1.807) is 11.6 Å². The van der Waals surface area contributed by atoms with E-state index in [9.17, 15) is 14.9 Å². The number of amides is 1. The Morgan fingerprint density at radius 3 is 2.50 bits per heavy atom. The zero-order chi connectivity index (χ0) is 21.1. The molecule has 0 atom stereocenters. The Kier molecular flexibility index (Phi) is 5.91. The summed E-state index contributed by atoms with van der Waals surface area (Å²) in [5, 5.41) is 16.8. The van der Waals surface area contributed by atoms with Crippen LogP contribution in [0.5, 0.6) is 0 Å². The lowest BCUT2D eigenvalue weighted by molar-refractivity contribution is -0.389. The molecule has 0 spiro atoms. The van der Waals surface area contributed by atoms with Crippen LogP contribution in [0.4, 0.5) is 5.82 Å². The summed E-state index contributed by atoms with van der Waals surface area (Å²) in [6.45, 7) is 6.24. The maximum Gasteiger partial charge on any atom is 0.390 e. The highest BCUT2D eigenvalue weighted by Crippen LogP contribution is 2.21. The minimum absolute atomic E-state index is 0.0498. The van der Waals surface area contributed by atoms with Crippen molar-refractivity contribution >= 4 is 23.1 Å². The first-order valence-corrected chi connectivity index (χ1v) is 10.7. The Morgan fingerprint density at radius 1 is 1.10 bits per heavy atom. The molecule has 0 bridgehead atoms. The first-order valence-electron chi connectivity index (χ1n) is 9.81. The first-order chi connectivity index (χ1) is 14.5. The number of carbonyl (C=O) groups is 1. The largest absolute Gasteiger partial charge is 0.390 e. The van der Waals surface area contributed by atoms with Gasteiger partial charge in [0.1, 0.15) is 0 Å². The second-order valence-corrected chi connectivity index (χ2v) is 8.34. The smallest absolute Gasteiger partial charge is 0.358 e. The molecule has 30 heavy (non-hydrogen) atoms. The molecule has 1 aromatic carbocycles. The van der Waals surface area contributed by atoms with Crippen LogP contribution in [-0.4, -0.2) is 56.6 Å². The van der Waals surface area contributed by atoms with Crippen LogP contribution in [0.25, 0.3) is 0 Å². The van der Waals surface area contributed by atoms with E-state index in [2.05, 4.69) is 22.1 Å². The van der Waals surface area contributed by atoms with Gasteiger partial charge < -0.3 is 15.0 Å². The van der Waals surface area contributed by atoms with Crippen LogP contribution in [0.3, 0.4) is 0 Å². The average Bonchev–Trinajstić information content (AvgIpc) is 3.36. The molecule has 1 fully saturated rings. The Hall–Kier alpha value is -3.04. The Morgan fingerprint density at radius 2 is 1.83 bits per heavy atom. The molecule has 4 rings (SSSR count). The van der Waals surface area contributed by atoms with Crippen molar-refractivity contribution < 1.29 is 9.72 Å². The standard InChI is InChI=1S/C21H23N5O3S/c1-16-11-20(26(28)29)22-25(16)14-18-12-19(30-15-18)21(27)24-9-7-23(8-10-24)13-17-5-3-2-4-6-17/h2-6,11-12,15H,7-10,13-14H2,1H3. The van der Waals surface area contributed by atoms with Crippen molar-refractivity contribution in [1.29, 1.82) is 0 Å². The van der Waals surface area contributed by atoms with Crippen molar-refractivity contribution in [2.75, 3.05) is 26.2 Å². The molecule has 0 aliphatic carbocycles. The van der Waals surface area contributed by atoms with Gasteiger partial charge in [0.15, 0.2) is 0 Å². The lowest BCUT2D eigenvalue weighted by Crippen LogP contribution is -2.48. The molecule has 0 N–H and O–H groups in total. The zero-order valence-electron chi connectivity index (χ0n) is 16.7. The van der Waals surface area contributed by atoms with E-state index >= 15 is 0 Å². The van der Waals surface area contributed by atoms with Crippen molar-refractivity contribution in [1.82, 2.24) is 19.6 Å². The summed E-state index contributed by atoms with van der Waals surface area (Å²) in [6, 6.07) is 13.7. The predicted octanol–water partition coefficient (Wildman–Crippen LogP) is 3.17. The number of aryl methyl sites for hydroxylation is 1. The molecule has 8 nitrogen and oxygen atoms in total. The summed E-state index contributed by atoms with van der Waals surface area (Å²) in [5.74, 6) is -0.110. The summed E-state index contributed by atoms with van der Waals surface area (Å²) in [5.41, 5.74) is 2.93. The summed E-state index contributed by atoms with van der Waals surface area (Å²) >= 11 is 1.41. The van der Waals surface area contributed by atoms with Crippen LogP contribution in [0.2, 0.25) is 0 Å². The molecule has 1 amide bonds. The quantitative estimate of drug-likeness (QED) is 0.447. The molecule has 1 saturated heterocycles. The molecular weight excluding hydrogens is 402 g/mol. The fraction of sp³-hybridized carbons (Fsp3) is 0.333. The second kappa shape index (κ2) is 8.76. The number of benzene rings is 1. The number of carbonyl (C=O) groups excluding carboxylic acids is 1. The highest BCUT2D eigenvalue weighted by Gasteiger charge is 2.24. The number of hydrogen-bond acceptors (Lipinski definition) is 6. The highest BCUT2D eigenvalue weighted by atomic mass is 32.1. The third-order valence-electron chi connectivity index (χ3n) is 5.26. The van der Waals surface area contributed by atoms with Crippen LogP contribution < -0.4 is 0 Å². The van der Waals surface area contributed by atoms with Crippen LogP contribution in [0, 0.1) is 17.0 Å². The van der Waals surface area contributed by atoms with Crippen LogP contribution in [0.15, 0.2) is 47.8 Å². The second-order valence-electron chi connectivity index (χ2n) is 7.43. The van der Waals surface area contributed by atoms with Crippen LogP contribution in [-0.2, 0) is 13.1 Å². The summed E-state index contributed by atoms with van der Waals surface area (Å²) < 4.78 is 1.59. The average molecular weight is 426 g/mol. The molecule has 0 saturated carbocycles. The zero-order valence-corrected chi connectivity index (χ0v) is 17.5. The van der Waals surface area contributed by atoms with Gasteiger partial charge in [0.2, 0.25) is 0 Å². The number of aromatic nitrogens is 2. The molecule has 0 unspecified atom stereocenters. The third kappa shape index (κ3) is 4.58. The van der Waals surface area contributed by atoms with E-state index < -0.39 is 4.92 Å². The van der Waals surface area contributed by atoms with Gasteiger partial charge in [0.25, 0.3) is 5.91 Å². The molecule has 9 heteroatoms. The Balaban J connectivity index is 1.34. The van der Waals surface area contributed by atoms with Gasteiger partial charge in [-0.1, -0.05) is 30.3 Å². The fourth-order valence-corrected chi connectivity index (χ4v) is 4.46. The van der Waals surface area contributed by atoms with Crippen molar-refractivity contribution in [3.8, 4) is 0 Å². The molecule has 0 radical (unpaired) electrons. The molecule has 3 aromatic rings. The van der Waals surface area contributed by atoms with Gasteiger partial charge in [-0.15, -0.1) is 11.3 Å². The highest BCUT2D eigenvalue weighted by molar-refractivity contribution is 7.12. The summed E-state index contributed by atoms with van der Waals surface area (Å²) in [7, 11) is 0. The summed E-state index contributed by atoms with van der Waals surface area (Å²) in [6.07, 6.45) is 0. The van der Waals surface area contributed by atoms with Gasteiger partial charge in [-0.25, -0.2) is 0 Å². The number of rotatable bonds is 6. The number of thiophene rings is 1. The molecule has 1 aliphatic heterocycles. The first kappa shape index (κ1) is 20.2. The van der Waals surface area contributed by atoms with E-state index in [1.807, 2.05) is 34.5 Å². The molecule has 3 heterocycles. The number of nitro groups is 1. The van der Waals surface area contributed by atoms with Crippen LogP contribution in [0.1, 0.15) is 26.5 Å². The van der Waals surface area contributed by atoms with Gasteiger partial charge in [-0.05, 0) is 34.4 Å². The summed E-state index contributed by atoms with van der Waals surface area (Å²) in [4.78, 5) is 28.3. The molecule has 1 aliphatic rings. The topological polar surface area (TPSA) is 84.5 Å². The number of hydrogen-bond donors (Lipinski definition) is 0. The van der Waals surface area contributed by atoms with Gasteiger partial charge in [-0.3, -0.25) is 9.69 Å². The van der Waals surface area contributed by atoms with E-state index in [1.165, 1.54) is 23.0 Å². The Bertz CT molecular complexity index is 1040. The fourth-order valence-electron chi connectivity index (χ4n) is 3.59. The van der Waals surface area contributed by atoms with Gasteiger partial charge in [0.05, 0.1) is 28.3 Å². The van der Waals surface area contributed by atoms with Gasteiger partial charge in [-0.2, -0.15) is 4.68 Å². The minimum Gasteiger partial charge on any atom is -0.358 e. The van der Waals surface area contributed by atoms with E-state index in [-0.39, 0.29) is 11.7 Å². The van der Waals surface area contributed by atoms with Crippen molar-refractivity contribution in [3.05, 3.63) is 79.7 Å². The van der Waals surface area contributed by atoms with Crippen molar-refractivity contribution in [2.24, 2.45) is 0 Å². The predicted molar refractivity (Wildman–Crippen MR) is 115 cm³/mol. The molecule has 156 valence electrons. The van der Waals surface area contributed by atoms with Crippen molar-refractivity contribution in [2.45, 2.75) is 20.0 Å². The van der Waals surface area contributed by atoms with Gasteiger partial charge >= 0.3 is 5.82 Å². The van der Waals surface area contributed by atoms with Crippen LogP contribution >= 0.6 is 11.3 Å². The minimum atomic E-state index is -0.497. The van der Waals surface area contributed by atoms with E-state index in [0.29, 0.717) is 24.5 Å². The lowest BCUT2D eigenvalue weighted by atomic mass is 10.2.